The molecule has 29 heavy (non-hydrogen) atoms. The molecule has 1 saturated carbocycles. The number of hydrogen-bond acceptors (Lipinski definition) is 4. The molecule has 1 aliphatic carbocycles. The summed E-state index contributed by atoms with van der Waals surface area (Å²) >= 11 is 0. The number of hydrogen-bond donors (Lipinski definition) is 1. The lowest BCUT2D eigenvalue weighted by atomic mass is 9.97. The Morgan fingerprint density at radius 1 is 1.07 bits per heavy atom. The molecular weight excluding hydrogens is 386 g/mol. The van der Waals surface area contributed by atoms with Crippen LogP contribution in [0.1, 0.15) is 50.5 Å². The number of benzene rings is 1. The van der Waals surface area contributed by atoms with Gasteiger partial charge in [-0.25, -0.2) is 8.42 Å². The zero-order valence-electron chi connectivity index (χ0n) is 16.9. The predicted molar refractivity (Wildman–Crippen MR) is 114 cm³/mol. The van der Waals surface area contributed by atoms with Gasteiger partial charge in [-0.15, -0.1) is 0 Å². The van der Waals surface area contributed by atoms with Crippen LogP contribution in [0.25, 0.3) is 0 Å². The zero-order valence-corrected chi connectivity index (χ0v) is 17.7. The lowest BCUT2D eigenvalue weighted by Crippen LogP contribution is -2.44. The molecule has 1 N–H and O–H groups in total. The van der Waals surface area contributed by atoms with Crippen molar-refractivity contribution in [2.45, 2.75) is 62.8 Å². The van der Waals surface area contributed by atoms with Gasteiger partial charge in [0.25, 0.3) is 10.0 Å². The van der Waals surface area contributed by atoms with Crippen molar-refractivity contribution >= 4 is 21.6 Å². The van der Waals surface area contributed by atoms with E-state index in [2.05, 4.69) is 10.3 Å². The lowest BCUT2D eigenvalue weighted by Gasteiger charge is -2.26. The second kappa shape index (κ2) is 9.87. The third-order valence-electron chi connectivity index (χ3n) is 5.30. The van der Waals surface area contributed by atoms with Crippen molar-refractivity contribution in [1.82, 2.24) is 10.3 Å². The summed E-state index contributed by atoms with van der Waals surface area (Å²) < 4.78 is 27.7. The average molecular weight is 416 g/mol. The van der Waals surface area contributed by atoms with Crippen molar-refractivity contribution < 1.29 is 13.2 Å². The number of pyridine rings is 1. The molecule has 0 atom stereocenters. The first-order valence-electron chi connectivity index (χ1n) is 10.3. The summed E-state index contributed by atoms with van der Waals surface area (Å²) in [5.74, 6) is -0.274. The van der Waals surface area contributed by atoms with E-state index in [9.17, 15) is 13.2 Å². The Kier molecular flexibility index (Phi) is 7.25. The number of carbonyl (C=O) groups excluding carboxylic acids is 1. The Hall–Kier alpha value is -2.41. The van der Waals surface area contributed by atoms with Crippen LogP contribution in [0.2, 0.25) is 0 Å². The van der Waals surface area contributed by atoms with Gasteiger partial charge in [0.05, 0.1) is 5.69 Å². The molecule has 0 saturated heterocycles. The Balaban J connectivity index is 1.81. The number of rotatable bonds is 6. The number of nitrogens with one attached hydrogen (secondary N) is 1. The molecule has 0 unspecified atom stereocenters. The van der Waals surface area contributed by atoms with Gasteiger partial charge in [0.2, 0.25) is 5.91 Å². The minimum absolute atomic E-state index is 0.0688. The first-order chi connectivity index (χ1) is 14.0. The Bertz CT molecular complexity index is 891. The van der Waals surface area contributed by atoms with E-state index in [1.165, 1.54) is 42.0 Å². The summed E-state index contributed by atoms with van der Waals surface area (Å²) in [6.45, 7) is 1.68. The Morgan fingerprint density at radius 3 is 2.34 bits per heavy atom. The summed E-state index contributed by atoms with van der Waals surface area (Å²) in [5, 5.41) is 3.06. The minimum Gasteiger partial charge on any atom is -0.352 e. The normalized spacial score (nSPS) is 15.9. The molecule has 1 heterocycles. The van der Waals surface area contributed by atoms with Crippen LogP contribution in [0.3, 0.4) is 0 Å². The van der Waals surface area contributed by atoms with E-state index in [1.54, 1.807) is 18.2 Å². The van der Waals surface area contributed by atoms with Gasteiger partial charge in [-0.3, -0.25) is 14.1 Å². The zero-order chi connectivity index (χ0) is 20.7. The lowest BCUT2D eigenvalue weighted by molar-refractivity contribution is -0.120. The molecule has 7 heteroatoms. The van der Waals surface area contributed by atoms with Gasteiger partial charge in [-0.2, -0.15) is 0 Å². The van der Waals surface area contributed by atoms with E-state index in [1.807, 2.05) is 19.1 Å². The van der Waals surface area contributed by atoms with Crippen molar-refractivity contribution in [3.8, 4) is 0 Å². The van der Waals surface area contributed by atoms with Crippen LogP contribution in [0.15, 0.2) is 53.7 Å². The number of sulfonamides is 1. The number of aromatic nitrogens is 1. The highest BCUT2D eigenvalue weighted by molar-refractivity contribution is 7.92. The van der Waals surface area contributed by atoms with Crippen molar-refractivity contribution in [2.24, 2.45) is 0 Å². The number of carbonyl (C=O) groups is 1. The van der Waals surface area contributed by atoms with E-state index < -0.39 is 10.0 Å². The van der Waals surface area contributed by atoms with Gasteiger partial charge in [0.15, 0.2) is 0 Å². The summed E-state index contributed by atoms with van der Waals surface area (Å²) in [6.07, 6.45) is 10.6. The summed E-state index contributed by atoms with van der Waals surface area (Å²) in [6, 6.07) is 10.3. The van der Waals surface area contributed by atoms with E-state index in [4.69, 9.17) is 0 Å². The monoisotopic (exact) mass is 415 g/mol. The van der Waals surface area contributed by atoms with Gasteiger partial charge in [0, 0.05) is 18.4 Å². The average Bonchev–Trinajstić information content (AvgIpc) is 2.69. The second-order valence-corrected chi connectivity index (χ2v) is 9.51. The third kappa shape index (κ3) is 5.79. The SMILES string of the molecule is Cc1ccc(N(CC(=O)NC2CCCCCCC2)S(=O)(=O)c2cccnc2)cc1. The molecular formula is C22H29N3O3S. The predicted octanol–water partition coefficient (Wildman–Crippen LogP) is 3.81. The molecule has 1 aromatic heterocycles. The fourth-order valence-corrected chi connectivity index (χ4v) is 5.04. The van der Waals surface area contributed by atoms with Gasteiger partial charge >= 0.3 is 0 Å². The van der Waals surface area contributed by atoms with Crippen LogP contribution in [0.4, 0.5) is 5.69 Å². The first kappa shape index (κ1) is 21.3. The maximum atomic E-state index is 13.3. The van der Waals surface area contributed by atoms with Crippen molar-refractivity contribution in [3.63, 3.8) is 0 Å². The molecule has 6 nitrogen and oxygen atoms in total. The molecule has 156 valence electrons. The summed E-state index contributed by atoms with van der Waals surface area (Å²) in [5.41, 5.74) is 1.48. The van der Waals surface area contributed by atoms with Gasteiger partial charge in [0.1, 0.15) is 11.4 Å². The molecule has 0 spiro atoms. The molecule has 0 bridgehead atoms. The number of aryl methyl sites for hydroxylation is 1. The minimum atomic E-state index is -3.91. The van der Waals surface area contributed by atoms with Gasteiger partial charge in [-0.05, 0) is 44.0 Å². The Morgan fingerprint density at radius 2 is 1.72 bits per heavy atom. The highest BCUT2D eigenvalue weighted by atomic mass is 32.2. The van der Waals surface area contributed by atoms with E-state index in [-0.39, 0.29) is 23.4 Å². The maximum Gasteiger partial charge on any atom is 0.266 e. The maximum absolute atomic E-state index is 13.3. The number of nitrogens with zero attached hydrogens (tertiary/aromatic N) is 2. The van der Waals surface area contributed by atoms with Crippen LogP contribution in [-0.2, 0) is 14.8 Å². The molecule has 1 fully saturated rings. The summed E-state index contributed by atoms with van der Waals surface area (Å²) in [7, 11) is -3.91. The third-order valence-corrected chi connectivity index (χ3v) is 7.06. The molecule has 1 aromatic carbocycles. The van der Waals surface area contributed by atoms with Crippen LogP contribution in [0, 0.1) is 6.92 Å². The molecule has 3 rings (SSSR count). The molecule has 1 aliphatic rings. The largest absolute Gasteiger partial charge is 0.352 e. The molecule has 1 amide bonds. The van der Waals surface area contributed by atoms with Crippen molar-refractivity contribution in [3.05, 3.63) is 54.4 Å². The second-order valence-electron chi connectivity index (χ2n) is 7.65. The molecule has 0 radical (unpaired) electrons. The summed E-state index contributed by atoms with van der Waals surface area (Å²) in [4.78, 5) is 16.8. The quantitative estimate of drug-likeness (QED) is 0.778. The van der Waals surface area contributed by atoms with E-state index >= 15 is 0 Å². The number of anilines is 1. The van der Waals surface area contributed by atoms with E-state index in [0.717, 1.165) is 31.2 Å². The van der Waals surface area contributed by atoms with Gasteiger partial charge in [-0.1, -0.05) is 49.8 Å². The molecule has 0 aliphatic heterocycles. The van der Waals surface area contributed by atoms with Crippen LogP contribution in [-0.4, -0.2) is 31.9 Å². The first-order valence-corrected chi connectivity index (χ1v) is 11.7. The van der Waals surface area contributed by atoms with Gasteiger partial charge < -0.3 is 5.32 Å². The van der Waals surface area contributed by atoms with Crippen LogP contribution >= 0.6 is 0 Å². The fourth-order valence-electron chi connectivity index (χ4n) is 3.66. The van der Waals surface area contributed by atoms with Crippen molar-refractivity contribution in [1.29, 1.82) is 0 Å². The highest BCUT2D eigenvalue weighted by Gasteiger charge is 2.28. The van der Waals surface area contributed by atoms with Crippen molar-refractivity contribution in [2.75, 3.05) is 10.8 Å². The smallest absolute Gasteiger partial charge is 0.266 e. The number of amides is 1. The Labute approximate surface area is 173 Å². The van der Waals surface area contributed by atoms with Crippen LogP contribution in [0.5, 0.6) is 0 Å². The van der Waals surface area contributed by atoms with Crippen LogP contribution < -0.4 is 9.62 Å². The van der Waals surface area contributed by atoms with E-state index in [0.29, 0.717) is 5.69 Å². The topological polar surface area (TPSA) is 79.4 Å². The highest BCUT2D eigenvalue weighted by Crippen LogP contribution is 2.24. The molecule has 2 aromatic rings. The standard InChI is InChI=1S/C22H29N3O3S/c1-18-11-13-20(14-12-18)25(29(27,28)21-10-7-15-23-16-21)17-22(26)24-19-8-5-3-2-4-6-9-19/h7,10-16,19H,2-6,8-9,17H2,1H3,(H,24,26). The fraction of sp³-hybridized carbons (Fsp3) is 0.455.